The van der Waals surface area contributed by atoms with Gasteiger partial charge in [-0.1, -0.05) is 15.9 Å². The van der Waals surface area contributed by atoms with Gasteiger partial charge in [0.15, 0.2) is 0 Å². The molecule has 0 N–H and O–H groups in total. The minimum absolute atomic E-state index is 1.03. The predicted octanol–water partition coefficient (Wildman–Crippen LogP) is 2.34. The van der Waals surface area contributed by atoms with Crippen molar-refractivity contribution in [1.29, 1.82) is 0 Å². The molecule has 11 heavy (non-hydrogen) atoms. The minimum Gasteiger partial charge on any atom is -0.334 e. The third-order valence-corrected chi connectivity index (χ3v) is 2.18. The topological polar surface area (TPSA) is 17.8 Å². The lowest BCUT2D eigenvalue weighted by Crippen LogP contribution is -1.82. The summed E-state index contributed by atoms with van der Waals surface area (Å²) in [6.45, 7) is 0. The van der Waals surface area contributed by atoms with Gasteiger partial charge in [0.25, 0.3) is 0 Å². The summed E-state index contributed by atoms with van der Waals surface area (Å²) in [5, 5.41) is 0. The van der Waals surface area contributed by atoms with Crippen molar-refractivity contribution in [3.8, 4) is 0 Å². The number of nitrogens with zero attached hydrogens (tertiary/aromatic N) is 2. The van der Waals surface area contributed by atoms with Gasteiger partial charge in [-0.05, 0) is 18.2 Å². The van der Waals surface area contributed by atoms with Gasteiger partial charge in [-0.3, -0.25) is 0 Å². The summed E-state index contributed by atoms with van der Waals surface area (Å²) in [5.41, 5.74) is 2.19. The van der Waals surface area contributed by atoms with Gasteiger partial charge < -0.3 is 4.57 Å². The molecule has 2 rings (SSSR count). The molecule has 0 atom stereocenters. The monoisotopic (exact) mass is 210 g/mol. The van der Waals surface area contributed by atoms with Gasteiger partial charge in [-0.25, -0.2) is 4.98 Å². The van der Waals surface area contributed by atoms with Crippen LogP contribution in [0, 0.1) is 0 Å². The Balaban J connectivity index is 2.86. The van der Waals surface area contributed by atoms with Crippen molar-refractivity contribution in [1.82, 2.24) is 9.55 Å². The molecule has 0 spiro atoms. The quantitative estimate of drug-likeness (QED) is 0.653. The summed E-state index contributed by atoms with van der Waals surface area (Å²) in [6, 6.07) is 6.08. The molecule has 0 aliphatic carbocycles. The predicted molar refractivity (Wildman–Crippen MR) is 48.4 cm³/mol. The molecule has 0 unspecified atom stereocenters. The molecular formula is C8H7BrN2. The van der Waals surface area contributed by atoms with E-state index in [1.165, 1.54) is 0 Å². The van der Waals surface area contributed by atoms with Crippen LogP contribution in [-0.4, -0.2) is 9.55 Å². The molecule has 0 aliphatic rings. The van der Waals surface area contributed by atoms with Gasteiger partial charge in [0.1, 0.15) is 0 Å². The first-order chi connectivity index (χ1) is 5.27. The van der Waals surface area contributed by atoms with Gasteiger partial charge >= 0.3 is 0 Å². The fraction of sp³-hybridized carbons (Fsp3) is 0.125. The molecule has 0 aliphatic heterocycles. The van der Waals surface area contributed by atoms with E-state index in [0.717, 1.165) is 15.5 Å². The molecule has 56 valence electrons. The van der Waals surface area contributed by atoms with Crippen LogP contribution in [0.25, 0.3) is 11.0 Å². The molecule has 3 heteroatoms. The molecule has 0 radical (unpaired) electrons. The highest BCUT2D eigenvalue weighted by atomic mass is 79.9. The van der Waals surface area contributed by atoms with Gasteiger partial charge in [0.2, 0.25) is 0 Å². The maximum atomic E-state index is 4.21. The first kappa shape index (κ1) is 6.85. The number of aromatic nitrogens is 2. The first-order valence-electron chi connectivity index (χ1n) is 3.34. The largest absolute Gasteiger partial charge is 0.334 e. The summed E-state index contributed by atoms with van der Waals surface area (Å²) < 4.78 is 3.07. The highest BCUT2D eigenvalue weighted by Crippen LogP contribution is 2.17. The molecule has 1 aromatic heterocycles. The van der Waals surface area contributed by atoms with Crippen LogP contribution in [0.2, 0.25) is 0 Å². The van der Waals surface area contributed by atoms with E-state index in [2.05, 4.69) is 20.9 Å². The van der Waals surface area contributed by atoms with E-state index in [1.54, 1.807) is 0 Å². The van der Waals surface area contributed by atoms with Crippen LogP contribution in [0.1, 0.15) is 0 Å². The zero-order valence-electron chi connectivity index (χ0n) is 6.08. The molecule has 0 saturated carbocycles. The van der Waals surface area contributed by atoms with Gasteiger partial charge in [0, 0.05) is 11.5 Å². The molecule has 2 nitrogen and oxygen atoms in total. The average molecular weight is 211 g/mol. The average Bonchev–Trinajstić information content (AvgIpc) is 2.32. The van der Waals surface area contributed by atoms with E-state index in [0.29, 0.717) is 0 Å². The molecular weight excluding hydrogens is 204 g/mol. The lowest BCUT2D eigenvalue weighted by Gasteiger charge is -1.92. The van der Waals surface area contributed by atoms with Crippen molar-refractivity contribution >= 4 is 27.0 Å². The zero-order valence-corrected chi connectivity index (χ0v) is 7.67. The normalized spacial score (nSPS) is 10.7. The van der Waals surface area contributed by atoms with Crippen LogP contribution in [0.5, 0.6) is 0 Å². The van der Waals surface area contributed by atoms with Crippen molar-refractivity contribution in [2.45, 2.75) is 0 Å². The number of hydrogen-bond donors (Lipinski definition) is 0. The number of benzene rings is 1. The zero-order chi connectivity index (χ0) is 7.84. The summed E-state index contributed by atoms with van der Waals surface area (Å²) in [7, 11) is 1.99. The Morgan fingerprint density at radius 2 is 2.27 bits per heavy atom. The second-order valence-electron chi connectivity index (χ2n) is 2.49. The Hall–Kier alpha value is -0.830. The Morgan fingerprint density at radius 3 is 3.09 bits per heavy atom. The van der Waals surface area contributed by atoms with Crippen molar-refractivity contribution in [2.75, 3.05) is 0 Å². The SMILES string of the molecule is Cn1cnc2cc(Br)ccc21. The number of fused-ring (bicyclic) bond motifs is 1. The van der Waals surface area contributed by atoms with E-state index < -0.39 is 0 Å². The molecule has 1 aromatic carbocycles. The number of rotatable bonds is 0. The molecule has 0 saturated heterocycles. The highest BCUT2D eigenvalue weighted by Gasteiger charge is 1.97. The summed E-state index contributed by atoms with van der Waals surface area (Å²) >= 11 is 3.39. The molecule has 0 amide bonds. The second kappa shape index (κ2) is 2.34. The number of hydrogen-bond acceptors (Lipinski definition) is 1. The van der Waals surface area contributed by atoms with E-state index in [1.807, 2.05) is 36.1 Å². The number of aryl methyl sites for hydroxylation is 1. The smallest absolute Gasteiger partial charge is 0.0955 e. The Kier molecular flexibility index (Phi) is 1.46. The van der Waals surface area contributed by atoms with Gasteiger partial charge in [-0.15, -0.1) is 0 Å². The highest BCUT2D eigenvalue weighted by molar-refractivity contribution is 9.10. The summed E-state index contributed by atoms with van der Waals surface area (Å²) in [5.74, 6) is 0. The summed E-state index contributed by atoms with van der Waals surface area (Å²) in [4.78, 5) is 4.21. The maximum Gasteiger partial charge on any atom is 0.0955 e. The summed E-state index contributed by atoms with van der Waals surface area (Å²) in [6.07, 6.45) is 1.82. The first-order valence-corrected chi connectivity index (χ1v) is 4.13. The van der Waals surface area contributed by atoms with Gasteiger partial charge in [0.05, 0.1) is 17.4 Å². The Bertz CT molecular complexity index is 392. The van der Waals surface area contributed by atoms with E-state index in [-0.39, 0.29) is 0 Å². The van der Waals surface area contributed by atoms with Crippen LogP contribution >= 0.6 is 15.9 Å². The Labute approximate surface area is 73.0 Å². The molecule has 2 aromatic rings. The standard InChI is InChI=1S/C8H7BrN2/c1-11-5-10-7-4-6(9)2-3-8(7)11/h2-5H,1H3. The number of halogens is 1. The van der Waals surface area contributed by atoms with E-state index in [9.17, 15) is 0 Å². The van der Waals surface area contributed by atoms with Crippen molar-refractivity contribution in [2.24, 2.45) is 7.05 Å². The van der Waals surface area contributed by atoms with Crippen LogP contribution in [0.3, 0.4) is 0 Å². The van der Waals surface area contributed by atoms with Crippen LogP contribution in [0.4, 0.5) is 0 Å². The van der Waals surface area contributed by atoms with Crippen LogP contribution < -0.4 is 0 Å². The fourth-order valence-corrected chi connectivity index (χ4v) is 1.46. The van der Waals surface area contributed by atoms with Crippen LogP contribution in [0.15, 0.2) is 29.0 Å². The molecule has 0 fully saturated rings. The molecule has 0 bridgehead atoms. The maximum absolute atomic E-state index is 4.21. The Morgan fingerprint density at radius 1 is 1.45 bits per heavy atom. The second-order valence-corrected chi connectivity index (χ2v) is 3.40. The number of imidazole rings is 1. The van der Waals surface area contributed by atoms with E-state index >= 15 is 0 Å². The van der Waals surface area contributed by atoms with Gasteiger partial charge in [-0.2, -0.15) is 0 Å². The van der Waals surface area contributed by atoms with Crippen molar-refractivity contribution < 1.29 is 0 Å². The lowest BCUT2D eigenvalue weighted by molar-refractivity contribution is 0.947. The third kappa shape index (κ3) is 1.05. The molecule has 1 heterocycles. The third-order valence-electron chi connectivity index (χ3n) is 1.69. The van der Waals surface area contributed by atoms with Crippen LogP contribution in [-0.2, 0) is 7.05 Å². The van der Waals surface area contributed by atoms with E-state index in [4.69, 9.17) is 0 Å². The minimum atomic E-state index is 1.03. The van der Waals surface area contributed by atoms with Crippen molar-refractivity contribution in [3.05, 3.63) is 29.0 Å². The lowest BCUT2D eigenvalue weighted by atomic mass is 10.3. The fourth-order valence-electron chi connectivity index (χ4n) is 1.11. The van der Waals surface area contributed by atoms with Crippen molar-refractivity contribution in [3.63, 3.8) is 0 Å².